The number of carbonyl (C=O) groups excluding carboxylic acids is 2. The second-order valence-corrected chi connectivity index (χ2v) is 9.66. The van der Waals surface area contributed by atoms with Crippen LogP contribution in [0.1, 0.15) is 59.3 Å². The first kappa shape index (κ1) is 22.2. The third-order valence-electron chi connectivity index (χ3n) is 5.38. The molecule has 0 aliphatic carbocycles. The Bertz CT molecular complexity index is 1040. The van der Waals surface area contributed by atoms with Crippen LogP contribution in [0.25, 0.3) is 0 Å². The fourth-order valence-corrected chi connectivity index (χ4v) is 5.09. The molecule has 2 aromatic carbocycles. The lowest BCUT2D eigenvalue weighted by Gasteiger charge is -2.26. The normalized spacial score (nSPS) is 16.6. The van der Waals surface area contributed by atoms with Gasteiger partial charge in [0.25, 0.3) is 0 Å². The minimum absolute atomic E-state index is 0.0154. The van der Waals surface area contributed by atoms with E-state index in [4.69, 9.17) is 0 Å². The zero-order chi connectivity index (χ0) is 21.9. The average Bonchev–Trinajstić information content (AvgIpc) is 3.17. The maximum Gasteiger partial charge on any atom is 0.240 e. The van der Waals surface area contributed by atoms with Gasteiger partial charge in [-0.2, -0.15) is 0 Å². The minimum atomic E-state index is -3.79. The van der Waals surface area contributed by atoms with Gasteiger partial charge >= 0.3 is 0 Å². The summed E-state index contributed by atoms with van der Waals surface area (Å²) < 4.78 is 27.5. The molecule has 3 rings (SSSR count). The predicted molar refractivity (Wildman–Crippen MR) is 116 cm³/mol. The topological polar surface area (TPSA) is 83.5 Å². The largest absolute Gasteiger partial charge is 0.336 e. The Morgan fingerprint density at radius 2 is 1.80 bits per heavy atom. The summed E-state index contributed by atoms with van der Waals surface area (Å²) >= 11 is 0. The molecule has 1 amide bonds. The summed E-state index contributed by atoms with van der Waals surface area (Å²) in [6.07, 6.45) is 1.94. The molecule has 1 aliphatic rings. The van der Waals surface area contributed by atoms with Crippen LogP contribution in [0.4, 0.5) is 0 Å². The number of sulfonamides is 1. The molecule has 1 unspecified atom stereocenters. The van der Waals surface area contributed by atoms with Gasteiger partial charge in [-0.1, -0.05) is 41.5 Å². The zero-order valence-electron chi connectivity index (χ0n) is 17.6. The van der Waals surface area contributed by atoms with Crippen LogP contribution in [-0.2, 0) is 14.8 Å². The summed E-state index contributed by atoms with van der Waals surface area (Å²) in [5.74, 6) is -0.259. The van der Waals surface area contributed by atoms with E-state index in [2.05, 4.69) is 22.9 Å². The summed E-state index contributed by atoms with van der Waals surface area (Å²) in [7, 11) is -3.79. The van der Waals surface area contributed by atoms with E-state index in [-0.39, 0.29) is 35.6 Å². The van der Waals surface area contributed by atoms with Gasteiger partial charge in [-0.3, -0.25) is 9.59 Å². The average molecular weight is 429 g/mol. The Labute approximate surface area is 178 Å². The van der Waals surface area contributed by atoms with Crippen LogP contribution in [0.5, 0.6) is 0 Å². The summed E-state index contributed by atoms with van der Waals surface area (Å²) in [5, 5.41) is 0. The van der Waals surface area contributed by atoms with Crippen molar-refractivity contribution in [2.45, 2.75) is 51.0 Å². The van der Waals surface area contributed by atoms with Crippen LogP contribution >= 0.6 is 0 Å². The van der Waals surface area contributed by atoms with Crippen molar-refractivity contribution in [3.8, 4) is 0 Å². The van der Waals surface area contributed by atoms with Gasteiger partial charge in [0.15, 0.2) is 5.78 Å². The number of nitrogens with one attached hydrogen (secondary N) is 1. The third-order valence-corrected chi connectivity index (χ3v) is 6.84. The van der Waals surface area contributed by atoms with Crippen molar-refractivity contribution in [3.63, 3.8) is 0 Å². The first-order chi connectivity index (χ1) is 14.2. The predicted octanol–water partition coefficient (Wildman–Crippen LogP) is 3.54. The van der Waals surface area contributed by atoms with E-state index in [0.717, 1.165) is 18.4 Å². The van der Waals surface area contributed by atoms with Crippen LogP contribution in [-0.4, -0.2) is 38.1 Å². The first-order valence-corrected chi connectivity index (χ1v) is 11.6. The van der Waals surface area contributed by atoms with Gasteiger partial charge < -0.3 is 4.90 Å². The van der Waals surface area contributed by atoms with Crippen LogP contribution in [0.2, 0.25) is 0 Å². The molecular formula is C23H28N2O4S. The van der Waals surface area contributed by atoms with Gasteiger partial charge in [-0.05, 0) is 51.3 Å². The number of hydrogen-bond donors (Lipinski definition) is 1. The molecule has 0 radical (unpaired) electrons. The van der Waals surface area contributed by atoms with E-state index in [9.17, 15) is 18.0 Å². The van der Waals surface area contributed by atoms with E-state index < -0.39 is 10.0 Å². The molecule has 0 aromatic heterocycles. The molecule has 1 heterocycles. The molecule has 1 saturated heterocycles. The molecule has 7 heteroatoms. The van der Waals surface area contributed by atoms with Crippen molar-refractivity contribution in [3.05, 3.63) is 64.7 Å². The maximum atomic E-state index is 12.8. The highest BCUT2D eigenvalue weighted by Gasteiger charge is 2.30. The van der Waals surface area contributed by atoms with Crippen LogP contribution in [0.15, 0.2) is 47.4 Å². The third kappa shape index (κ3) is 5.15. The van der Waals surface area contributed by atoms with E-state index in [1.54, 1.807) is 6.07 Å². The van der Waals surface area contributed by atoms with Gasteiger partial charge in [0, 0.05) is 25.1 Å². The number of hydrogen-bond acceptors (Lipinski definition) is 4. The number of nitrogens with zero attached hydrogens (tertiary/aromatic N) is 1. The number of Topliss-reactive ketones (excluding diaryl/α,β-unsaturated/α-hetero) is 1. The Balaban J connectivity index is 1.63. The van der Waals surface area contributed by atoms with Crippen LogP contribution < -0.4 is 4.72 Å². The monoisotopic (exact) mass is 428 g/mol. The number of aryl methyl sites for hydroxylation is 2. The molecular weight excluding hydrogens is 400 g/mol. The quantitative estimate of drug-likeness (QED) is 0.684. The highest BCUT2D eigenvalue weighted by molar-refractivity contribution is 7.89. The zero-order valence-corrected chi connectivity index (χ0v) is 18.5. The molecule has 2 aromatic rings. The second kappa shape index (κ2) is 9.10. The summed E-state index contributed by atoms with van der Waals surface area (Å²) in [6.45, 7) is 6.19. The standard InChI is InChI=1S/C23H28N2O4S/c1-16-12-17(2)14-20(13-16)22-8-5-11-25(22)23(27)9-10-24-30(28,29)21-7-4-6-19(15-21)18(3)26/h4,6-7,12-15,22,24H,5,8-11H2,1-3H3. The molecule has 1 N–H and O–H groups in total. The van der Waals surface area contributed by atoms with Crippen molar-refractivity contribution < 1.29 is 18.0 Å². The summed E-state index contributed by atoms with van der Waals surface area (Å²) in [5.41, 5.74) is 3.82. The summed E-state index contributed by atoms with van der Waals surface area (Å²) in [6, 6.07) is 12.3. The van der Waals surface area contributed by atoms with Gasteiger partial charge in [-0.15, -0.1) is 0 Å². The van der Waals surface area contributed by atoms with Gasteiger partial charge in [0.1, 0.15) is 0 Å². The Kier molecular flexibility index (Phi) is 6.73. The molecule has 0 bridgehead atoms. The molecule has 6 nitrogen and oxygen atoms in total. The van der Waals surface area contributed by atoms with Crippen LogP contribution in [0, 0.1) is 13.8 Å². The highest BCUT2D eigenvalue weighted by atomic mass is 32.2. The molecule has 1 fully saturated rings. The lowest BCUT2D eigenvalue weighted by molar-refractivity contribution is -0.131. The number of likely N-dealkylation sites (tertiary alicyclic amines) is 1. The fraction of sp³-hybridized carbons (Fsp3) is 0.391. The van der Waals surface area contributed by atoms with Crippen LogP contribution in [0.3, 0.4) is 0 Å². The van der Waals surface area contributed by atoms with E-state index in [1.807, 2.05) is 18.7 Å². The van der Waals surface area contributed by atoms with Crippen molar-refractivity contribution in [1.29, 1.82) is 0 Å². The molecule has 0 saturated carbocycles. The van der Waals surface area contributed by atoms with Crippen molar-refractivity contribution in [2.24, 2.45) is 0 Å². The van der Waals surface area contributed by atoms with Gasteiger partial charge in [0.05, 0.1) is 10.9 Å². The first-order valence-electron chi connectivity index (χ1n) is 10.2. The Morgan fingerprint density at radius 1 is 1.10 bits per heavy atom. The Morgan fingerprint density at radius 3 is 2.47 bits per heavy atom. The van der Waals surface area contributed by atoms with Gasteiger partial charge in [-0.25, -0.2) is 13.1 Å². The second-order valence-electron chi connectivity index (χ2n) is 7.90. The van der Waals surface area contributed by atoms with E-state index >= 15 is 0 Å². The number of benzene rings is 2. The molecule has 160 valence electrons. The molecule has 1 aliphatic heterocycles. The lowest BCUT2D eigenvalue weighted by Crippen LogP contribution is -2.34. The fourth-order valence-electron chi connectivity index (χ4n) is 4.02. The molecule has 0 spiro atoms. The lowest BCUT2D eigenvalue weighted by atomic mass is 9.99. The van der Waals surface area contributed by atoms with Crippen molar-refractivity contribution >= 4 is 21.7 Å². The van der Waals surface area contributed by atoms with Crippen molar-refractivity contribution in [1.82, 2.24) is 9.62 Å². The number of rotatable bonds is 7. The minimum Gasteiger partial charge on any atom is -0.336 e. The van der Waals surface area contributed by atoms with Crippen molar-refractivity contribution in [2.75, 3.05) is 13.1 Å². The molecule has 30 heavy (non-hydrogen) atoms. The van der Waals surface area contributed by atoms with E-state index in [1.165, 1.54) is 36.2 Å². The number of carbonyl (C=O) groups is 2. The smallest absolute Gasteiger partial charge is 0.240 e. The Hall–Kier alpha value is -2.51. The highest BCUT2D eigenvalue weighted by Crippen LogP contribution is 2.33. The number of amides is 1. The van der Waals surface area contributed by atoms with Gasteiger partial charge in [0.2, 0.25) is 15.9 Å². The maximum absolute atomic E-state index is 12.8. The summed E-state index contributed by atoms with van der Waals surface area (Å²) in [4.78, 5) is 26.2. The SMILES string of the molecule is CC(=O)c1cccc(S(=O)(=O)NCCC(=O)N2CCCC2c2cc(C)cc(C)c2)c1. The number of ketones is 1. The van der Waals surface area contributed by atoms with E-state index in [0.29, 0.717) is 12.1 Å². The molecule has 1 atom stereocenters.